The van der Waals surface area contributed by atoms with Crippen molar-refractivity contribution in [2.24, 2.45) is 5.92 Å². The topological polar surface area (TPSA) is 71.0 Å². The molecule has 2 fully saturated rings. The van der Waals surface area contributed by atoms with Crippen LogP contribution >= 0.6 is 11.3 Å². The Morgan fingerprint density at radius 1 is 1.19 bits per heavy atom. The van der Waals surface area contributed by atoms with Gasteiger partial charge in [-0.15, -0.1) is 11.3 Å². The zero-order valence-electron chi connectivity index (χ0n) is 17.1. The van der Waals surface area contributed by atoms with E-state index in [1.807, 2.05) is 23.3 Å². The summed E-state index contributed by atoms with van der Waals surface area (Å²) in [6.45, 7) is 2.54. The van der Waals surface area contributed by atoms with Gasteiger partial charge in [-0.3, -0.25) is 4.79 Å². The number of nitrogens with zero attached hydrogens (tertiary/aromatic N) is 4. The summed E-state index contributed by atoms with van der Waals surface area (Å²) in [6, 6.07) is 5.86. The first-order valence-electron chi connectivity index (χ1n) is 10.3. The van der Waals surface area contributed by atoms with E-state index >= 15 is 0 Å². The second-order valence-corrected chi connectivity index (χ2v) is 9.12. The largest absolute Gasteiger partial charge is 0.417 e. The minimum Gasteiger partial charge on any atom is -0.365 e. The predicted molar refractivity (Wildman–Crippen MR) is 114 cm³/mol. The van der Waals surface area contributed by atoms with E-state index in [4.69, 9.17) is 0 Å². The zero-order chi connectivity index (χ0) is 22.5. The number of alkyl halides is 3. The summed E-state index contributed by atoms with van der Waals surface area (Å²) in [4.78, 5) is 28.2. The highest BCUT2D eigenvalue weighted by Gasteiger charge is 2.47. The molecule has 0 spiro atoms. The Hall–Kier alpha value is -3.01. The van der Waals surface area contributed by atoms with Crippen molar-refractivity contribution in [2.75, 3.05) is 11.9 Å². The fourth-order valence-electron chi connectivity index (χ4n) is 4.64. The highest BCUT2D eigenvalue weighted by atomic mass is 32.1. The lowest BCUT2D eigenvalue weighted by atomic mass is 10.0. The first-order valence-corrected chi connectivity index (χ1v) is 11.2. The Morgan fingerprint density at radius 3 is 2.69 bits per heavy atom. The molecule has 1 N–H and O–H groups in total. The van der Waals surface area contributed by atoms with E-state index in [2.05, 4.69) is 20.3 Å². The average molecular weight is 459 g/mol. The highest BCUT2D eigenvalue weighted by molar-refractivity contribution is 7.13. The number of anilines is 1. The number of likely N-dealkylation sites (tertiary alicyclic amines) is 1. The number of fused-ring (bicyclic) bond motifs is 2. The molecular formula is C22H20F3N5OS. The number of carbonyl (C=O) groups is 1. The van der Waals surface area contributed by atoms with E-state index in [0.29, 0.717) is 34.5 Å². The molecule has 0 unspecified atom stereocenters. The molecule has 3 atom stereocenters. The molecule has 1 amide bonds. The maximum absolute atomic E-state index is 13.5. The van der Waals surface area contributed by atoms with Crippen molar-refractivity contribution in [3.05, 3.63) is 58.9 Å². The van der Waals surface area contributed by atoms with Crippen LogP contribution in [0.25, 0.3) is 10.7 Å². The Morgan fingerprint density at radius 2 is 2.03 bits per heavy atom. The third-order valence-corrected chi connectivity index (χ3v) is 6.85. The SMILES string of the molecule is Cc1ccc(C(=O)N2C[C@@H]3C[C@@H](Nc4ccc(C(F)(F)F)cn4)[C@@H]2C3)c(-c2nccs2)n1. The molecule has 4 heterocycles. The monoisotopic (exact) mass is 459 g/mol. The third-order valence-electron chi connectivity index (χ3n) is 6.07. The molecule has 1 aliphatic carbocycles. The van der Waals surface area contributed by atoms with Gasteiger partial charge in [-0.1, -0.05) is 0 Å². The van der Waals surface area contributed by atoms with E-state index in [1.165, 1.54) is 17.4 Å². The molecule has 6 nitrogen and oxygen atoms in total. The first-order chi connectivity index (χ1) is 15.3. The van der Waals surface area contributed by atoms with E-state index in [-0.39, 0.29) is 18.0 Å². The second kappa shape index (κ2) is 7.84. The lowest BCUT2D eigenvalue weighted by molar-refractivity contribution is -0.137. The molecular weight excluding hydrogens is 439 g/mol. The van der Waals surface area contributed by atoms with Crippen LogP contribution in [0, 0.1) is 12.8 Å². The number of amides is 1. The van der Waals surface area contributed by atoms with Crippen molar-refractivity contribution in [2.45, 2.75) is 38.0 Å². The van der Waals surface area contributed by atoms with Crippen molar-refractivity contribution in [3.63, 3.8) is 0 Å². The predicted octanol–water partition coefficient (Wildman–Crippen LogP) is 4.64. The zero-order valence-corrected chi connectivity index (χ0v) is 18.0. The molecule has 0 aromatic carbocycles. The normalized spacial score (nSPS) is 22.4. The Bertz CT molecular complexity index is 1130. The van der Waals surface area contributed by atoms with Gasteiger partial charge in [0.1, 0.15) is 16.5 Å². The van der Waals surface area contributed by atoms with Crippen LogP contribution in [0.2, 0.25) is 0 Å². The van der Waals surface area contributed by atoms with Crippen LogP contribution in [0.1, 0.15) is 34.5 Å². The minimum atomic E-state index is -4.42. The molecule has 2 aliphatic rings. The van der Waals surface area contributed by atoms with Gasteiger partial charge < -0.3 is 10.2 Å². The van der Waals surface area contributed by atoms with Gasteiger partial charge in [-0.2, -0.15) is 13.2 Å². The minimum absolute atomic E-state index is 0.0537. The number of hydrogen-bond donors (Lipinski definition) is 1. The van der Waals surface area contributed by atoms with Gasteiger partial charge in [0.25, 0.3) is 5.91 Å². The fourth-order valence-corrected chi connectivity index (χ4v) is 5.28. The van der Waals surface area contributed by atoms with E-state index in [0.717, 1.165) is 30.8 Å². The molecule has 3 aromatic heterocycles. The third kappa shape index (κ3) is 3.83. The molecule has 1 saturated carbocycles. The Labute approximate surface area is 186 Å². The van der Waals surface area contributed by atoms with Crippen LogP contribution in [0.5, 0.6) is 0 Å². The summed E-state index contributed by atoms with van der Waals surface area (Å²) in [5.41, 5.74) is 1.13. The van der Waals surface area contributed by atoms with Crippen LogP contribution in [0.4, 0.5) is 19.0 Å². The van der Waals surface area contributed by atoms with Crippen molar-refractivity contribution < 1.29 is 18.0 Å². The second-order valence-electron chi connectivity index (χ2n) is 8.23. The number of nitrogens with one attached hydrogen (secondary N) is 1. The molecule has 0 radical (unpaired) electrons. The molecule has 166 valence electrons. The van der Waals surface area contributed by atoms with Crippen molar-refractivity contribution in [1.82, 2.24) is 19.9 Å². The lowest BCUT2D eigenvalue weighted by Gasteiger charge is -2.34. The number of thiazole rings is 1. The Balaban J connectivity index is 1.36. The van der Waals surface area contributed by atoms with Gasteiger partial charge in [-0.25, -0.2) is 15.0 Å². The maximum Gasteiger partial charge on any atom is 0.417 e. The van der Waals surface area contributed by atoms with Gasteiger partial charge >= 0.3 is 6.18 Å². The summed E-state index contributed by atoms with van der Waals surface area (Å²) < 4.78 is 38.4. The van der Waals surface area contributed by atoms with Gasteiger partial charge in [0.15, 0.2) is 0 Å². The highest BCUT2D eigenvalue weighted by Crippen LogP contribution is 2.40. The van der Waals surface area contributed by atoms with Crippen LogP contribution in [0.3, 0.4) is 0 Å². The molecule has 1 saturated heterocycles. The quantitative estimate of drug-likeness (QED) is 0.615. The van der Waals surface area contributed by atoms with Crippen LogP contribution < -0.4 is 5.32 Å². The van der Waals surface area contributed by atoms with E-state index in [9.17, 15) is 18.0 Å². The number of halogens is 3. The summed E-state index contributed by atoms with van der Waals surface area (Å²) in [7, 11) is 0. The summed E-state index contributed by atoms with van der Waals surface area (Å²) in [5, 5.41) is 5.79. The molecule has 1 aliphatic heterocycles. The fraction of sp³-hybridized carbons (Fsp3) is 0.364. The first kappa shape index (κ1) is 20.9. The summed E-state index contributed by atoms with van der Waals surface area (Å²) in [5.74, 6) is 0.628. The molecule has 32 heavy (non-hydrogen) atoms. The number of aromatic nitrogens is 3. The van der Waals surface area contributed by atoms with Gasteiger partial charge in [0.05, 0.1) is 17.2 Å². The van der Waals surface area contributed by atoms with Crippen molar-refractivity contribution in [1.29, 1.82) is 0 Å². The van der Waals surface area contributed by atoms with Gasteiger partial charge in [-0.05, 0) is 49.9 Å². The molecule has 3 aromatic rings. The molecule has 2 bridgehead atoms. The maximum atomic E-state index is 13.5. The smallest absolute Gasteiger partial charge is 0.365 e. The number of carbonyl (C=O) groups excluding carboxylic acids is 1. The molecule has 10 heteroatoms. The van der Waals surface area contributed by atoms with Crippen molar-refractivity contribution >= 4 is 23.1 Å². The van der Waals surface area contributed by atoms with Gasteiger partial charge in [0.2, 0.25) is 0 Å². The number of hydrogen-bond acceptors (Lipinski definition) is 6. The van der Waals surface area contributed by atoms with E-state index < -0.39 is 11.7 Å². The number of aryl methyl sites for hydroxylation is 1. The van der Waals surface area contributed by atoms with Crippen LogP contribution in [-0.4, -0.2) is 44.4 Å². The van der Waals surface area contributed by atoms with E-state index in [1.54, 1.807) is 12.3 Å². The average Bonchev–Trinajstić information content (AvgIpc) is 3.50. The summed E-state index contributed by atoms with van der Waals surface area (Å²) in [6.07, 6.45) is -0.194. The number of rotatable bonds is 4. The van der Waals surface area contributed by atoms with Crippen molar-refractivity contribution in [3.8, 4) is 10.7 Å². The summed E-state index contributed by atoms with van der Waals surface area (Å²) >= 11 is 1.43. The van der Waals surface area contributed by atoms with Crippen LogP contribution in [0.15, 0.2) is 42.0 Å². The Kier molecular flexibility index (Phi) is 5.11. The number of pyridine rings is 2. The van der Waals surface area contributed by atoms with Gasteiger partial charge in [0, 0.05) is 36.1 Å². The lowest BCUT2D eigenvalue weighted by Crippen LogP contribution is -2.48. The standard InChI is InChI=1S/C22H20F3N5OS/c1-12-2-4-15(19(28-12)20-26-6-7-32-20)21(31)30-11-13-8-16(17(30)9-13)29-18-5-3-14(10-27-18)22(23,24)25/h2-7,10,13,16-17H,8-9,11H2,1H3,(H,27,29)/t13-,16-,17+/m1/s1. The number of piperidine rings is 1. The molecule has 5 rings (SSSR count). The van der Waals surface area contributed by atoms with Crippen LogP contribution in [-0.2, 0) is 6.18 Å².